The fourth-order valence-electron chi connectivity index (χ4n) is 2.25. The van der Waals surface area contributed by atoms with Crippen LogP contribution in [0.1, 0.15) is 36.8 Å². The molecule has 0 bridgehead atoms. The normalized spacial score (nSPS) is 12.6. The molecule has 2 aromatic rings. The zero-order chi connectivity index (χ0) is 13.0. The van der Waals surface area contributed by atoms with E-state index in [1.807, 2.05) is 18.2 Å². The number of nitrogens with zero attached hydrogens (tertiary/aromatic N) is 2. The van der Waals surface area contributed by atoms with Crippen molar-refractivity contribution >= 4 is 0 Å². The van der Waals surface area contributed by atoms with Crippen LogP contribution in [-0.4, -0.2) is 16.3 Å². The summed E-state index contributed by atoms with van der Waals surface area (Å²) >= 11 is 0. The molecule has 0 aliphatic heterocycles. The van der Waals surface area contributed by atoms with Crippen molar-refractivity contribution in [1.82, 2.24) is 9.78 Å². The van der Waals surface area contributed by atoms with Gasteiger partial charge in [0.2, 0.25) is 0 Å². The third-order valence-electron chi connectivity index (χ3n) is 3.29. The molecule has 0 fully saturated rings. The smallest absolute Gasteiger partial charge is 0.0893 e. The molecule has 3 nitrogen and oxygen atoms in total. The Hall–Kier alpha value is -1.61. The van der Waals surface area contributed by atoms with E-state index in [0.29, 0.717) is 6.54 Å². The number of hydrogen-bond acceptors (Lipinski definition) is 2. The highest BCUT2D eigenvalue weighted by Crippen LogP contribution is 2.20. The monoisotopic (exact) mass is 243 g/mol. The second-order valence-corrected chi connectivity index (χ2v) is 4.44. The lowest BCUT2D eigenvalue weighted by Gasteiger charge is -2.18. The van der Waals surface area contributed by atoms with Crippen LogP contribution >= 0.6 is 0 Å². The van der Waals surface area contributed by atoms with Crippen LogP contribution < -0.4 is 5.73 Å². The van der Waals surface area contributed by atoms with Gasteiger partial charge in [-0.2, -0.15) is 5.10 Å². The first-order chi connectivity index (χ1) is 8.80. The molecule has 0 saturated heterocycles. The summed E-state index contributed by atoms with van der Waals surface area (Å²) in [5.41, 5.74) is 9.57. The molecular formula is C15H21N3. The van der Waals surface area contributed by atoms with Crippen LogP contribution in [0.15, 0.2) is 36.4 Å². The first-order valence-electron chi connectivity index (χ1n) is 6.62. The van der Waals surface area contributed by atoms with Gasteiger partial charge in [-0.15, -0.1) is 0 Å². The van der Waals surface area contributed by atoms with E-state index >= 15 is 0 Å². The van der Waals surface area contributed by atoms with Crippen LogP contribution in [0, 0.1) is 0 Å². The maximum atomic E-state index is 5.95. The van der Waals surface area contributed by atoms with Crippen LogP contribution in [0.4, 0.5) is 0 Å². The van der Waals surface area contributed by atoms with Gasteiger partial charge in [0, 0.05) is 12.2 Å². The predicted octanol–water partition coefficient (Wildman–Crippen LogP) is 2.56. The first kappa shape index (κ1) is 12.8. The average Bonchev–Trinajstić information content (AvgIpc) is 2.84. The number of aryl methyl sites for hydroxylation is 2. The number of benzene rings is 1. The Bertz CT molecular complexity index is 488. The highest BCUT2D eigenvalue weighted by atomic mass is 15.3. The van der Waals surface area contributed by atoms with Crippen molar-refractivity contribution in [2.24, 2.45) is 5.73 Å². The minimum absolute atomic E-state index is 0.140. The second kappa shape index (κ2) is 5.83. The van der Waals surface area contributed by atoms with E-state index in [2.05, 4.69) is 41.8 Å². The summed E-state index contributed by atoms with van der Waals surface area (Å²) in [6.45, 7) is 4.86. The van der Waals surface area contributed by atoms with E-state index in [-0.39, 0.29) is 6.04 Å². The van der Waals surface area contributed by atoms with E-state index in [4.69, 9.17) is 5.73 Å². The minimum Gasteiger partial charge on any atom is -0.328 e. The lowest BCUT2D eigenvalue weighted by atomic mass is 10.1. The molecule has 0 aliphatic rings. The van der Waals surface area contributed by atoms with E-state index in [1.165, 1.54) is 11.3 Å². The molecule has 1 unspecified atom stereocenters. The standard InChI is InChI=1S/C15H21N3/c1-3-13-10-14(4-2)18(17-13)15(11-16)12-8-6-5-7-9-12/h5-10,15H,3-4,11,16H2,1-2H3. The molecule has 3 heteroatoms. The minimum atomic E-state index is 0.140. The Morgan fingerprint density at radius 3 is 2.44 bits per heavy atom. The zero-order valence-electron chi connectivity index (χ0n) is 11.1. The van der Waals surface area contributed by atoms with Gasteiger partial charge in [0.25, 0.3) is 0 Å². The summed E-state index contributed by atoms with van der Waals surface area (Å²) < 4.78 is 2.09. The highest BCUT2D eigenvalue weighted by molar-refractivity contribution is 5.22. The van der Waals surface area contributed by atoms with Crippen LogP contribution in [0.2, 0.25) is 0 Å². The molecule has 0 saturated carbocycles. The van der Waals surface area contributed by atoms with E-state index < -0.39 is 0 Å². The van der Waals surface area contributed by atoms with Crippen LogP contribution in [0.5, 0.6) is 0 Å². The number of rotatable bonds is 5. The van der Waals surface area contributed by atoms with Crippen LogP contribution in [0.25, 0.3) is 0 Å². The van der Waals surface area contributed by atoms with Crippen LogP contribution in [-0.2, 0) is 12.8 Å². The third-order valence-corrected chi connectivity index (χ3v) is 3.29. The quantitative estimate of drug-likeness (QED) is 0.877. The number of nitrogens with two attached hydrogens (primary N) is 1. The van der Waals surface area contributed by atoms with Crippen molar-refractivity contribution in [3.05, 3.63) is 53.3 Å². The van der Waals surface area contributed by atoms with Crippen molar-refractivity contribution < 1.29 is 0 Å². The van der Waals surface area contributed by atoms with Gasteiger partial charge in [0.15, 0.2) is 0 Å². The van der Waals surface area contributed by atoms with Gasteiger partial charge in [0.05, 0.1) is 11.7 Å². The summed E-state index contributed by atoms with van der Waals surface area (Å²) in [6, 6.07) is 12.7. The molecule has 1 heterocycles. The van der Waals surface area contributed by atoms with Crippen molar-refractivity contribution in [3.63, 3.8) is 0 Å². The molecule has 18 heavy (non-hydrogen) atoms. The number of hydrogen-bond donors (Lipinski definition) is 1. The molecule has 96 valence electrons. The zero-order valence-corrected chi connectivity index (χ0v) is 11.1. The molecule has 0 aliphatic carbocycles. The predicted molar refractivity (Wildman–Crippen MR) is 74.6 cm³/mol. The van der Waals surface area contributed by atoms with Gasteiger partial charge in [-0.1, -0.05) is 44.2 Å². The van der Waals surface area contributed by atoms with Crippen molar-refractivity contribution in [1.29, 1.82) is 0 Å². The summed E-state index contributed by atoms with van der Waals surface area (Å²) in [6.07, 6.45) is 1.95. The fourth-order valence-corrected chi connectivity index (χ4v) is 2.25. The molecule has 0 amide bonds. The van der Waals surface area contributed by atoms with E-state index in [9.17, 15) is 0 Å². The molecule has 2 N–H and O–H groups in total. The second-order valence-electron chi connectivity index (χ2n) is 4.44. The topological polar surface area (TPSA) is 43.8 Å². The Balaban J connectivity index is 2.41. The SMILES string of the molecule is CCc1cc(CC)n(C(CN)c2ccccc2)n1. The lowest BCUT2D eigenvalue weighted by molar-refractivity contribution is 0.508. The van der Waals surface area contributed by atoms with Crippen molar-refractivity contribution in [2.75, 3.05) is 6.54 Å². The number of aromatic nitrogens is 2. The Kier molecular flexibility index (Phi) is 4.15. The molecular weight excluding hydrogens is 222 g/mol. The highest BCUT2D eigenvalue weighted by Gasteiger charge is 2.16. The van der Waals surface area contributed by atoms with Gasteiger partial charge < -0.3 is 5.73 Å². The Labute approximate surface area is 109 Å². The van der Waals surface area contributed by atoms with Crippen LogP contribution in [0.3, 0.4) is 0 Å². The summed E-state index contributed by atoms with van der Waals surface area (Å²) in [5.74, 6) is 0. The van der Waals surface area contributed by atoms with Gasteiger partial charge in [-0.25, -0.2) is 0 Å². The van der Waals surface area contributed by atoms with Gasteiger partial charge in [-0.05, 0) is 24.5 Å². The summed E-state index contributed by atoms with van der Waals surface area (Å²) in [4.78, 5) is 0. The molecule has 0 radical (unpaired) electrons. The first-order valence-corrected chi connectivity index (χ1v) is 6.62. The van der Waals surface area contributed by atoms with Crippen molar-refractivity contribution in [2.45, 2.75) is 32.7 Å². The summed E-state index contributed by atoms with van der Waals surface area (Å²) in [5, 5.41) is 4.68. The van der Waals surface area contributed by atoms with Gasteiger partial charge >= 0.3 is 0 Å². The third kappa shape index (κ3) is 2.46. The largest absolute Gasteiger partial charge is 0.328 e. The van der Waals surface area contributed by atoms with Gasteiger partial charge in [0.1, 0.15) is 0 Å². The van der Waals surface area contributed by atoms with E-state index in [1.54, 1.807) is 0 Å². The lowest BCUT2D eigenvalue weighted by Crippen LogP contribution is -2.23. The Morgan fingerprint density at radius 2 is 1.89 bits per heavy atom. The molecule has 0 spiro atoms. The maximum Gasteiger partial charge on any atom is 0.0893 e. The Morgan fingerprint density at radius 1 is 1.17 bits per heavy atom. The molecule has 2 rings (SSSR count). The van der Waals surface area contributed by atoms with Gasteiger partial charge in [-0.3, -0.25) is 4.68 Å². The maximum absolute atomic E-state index is 5.95. The average molecular weight is 243 g/mol. The molecule has 1 aromatic carbocycles. The van der Waals surface area contributed by atoms with Crippen molar-refractivity contribution in [3.8, 4) is 0 Å². The fraction of sp³-hybridized carbons (Fsp3) is 0.400. The van der Waals surface area contributed by atoms with E-state index in [0.717, 1.165) is 18.5 Å². The summed E-state index contributed by atoms with van der Waals surface area (Å²) in [7, 11) is 0. The molecule has 1 aromatic heterocycles. The molecule has 1 atom stereocenters.